The van der Waals surface area contributed by atoms with Crippen LogP contribution in [0.25, 0.3) is 0 Å². The molecule has 2 N–H and O–H groups in total. The van der Waals surface area contributed by atoms with Crippen LogP contribution in [0.4, 0.5) is 0 Å². The number of hydrogen-bond donors (Lipinski definition) is 1. The van der Waals surface area contributed by atoms with Crippen LogP contribution in [0.2, 0.25) is 0 Å². The highest BCUT2D eigenvalue weighted by molar-refractivity contribution is 5.78. The highest BCUT2D eigenvalue weighted by atomic mass is 16.5. The minimum absolute atomic E-state index is 0.496. The van der Waals surface area contributed by atoms with Gasteiger partial charge in [0, 0.05) is 0 Å². The Balaban J connectivity index is 2.01. The number of primary amides is 1. The third-order valence-electron chi connectivity index (χ3n) is 2.52. The summed E-state index contributed by atoms with van der Waals surface area (Å²) in [6.07, 6.45) is -0.652. The van der Waals surface area contributed by atoms with Gasteiger partial charge in [0.1, 0.15) is 17.2 Å². The first-order valence-corrected chi connectivity index (χ1v) is 5.94. The molecule has 0 aromatic heterocycles. The molecule has 0 saturated carbocycles. The standard InChI is InChI=1S/C15H15NO3/c1-11(15(16)17)18-13-7-9-14(10-8-13)19-12-5-3-2-4-6-12/h2-11H,1H3,(H2,16,17)/t11-/m1/s1. The molecule has 2 aromatic rings. The maximum absolute atomic E-state index is 10.9. The monoisotopic (exact) mass is 257 g/mol. The Morgan fingerprint density at radius 2 is 1.47 bits per heavy atom. The SMILES string of the molecule is C[C@@H](Oc1ccc(Oc2ccccc2)cc1)C(N)=O. The minimum atomic E-state index is -0.652. The summed E-state index contributed by atoms with van der Waals surface area (Å²) < 4.78 is 11.0. The van der Waals surface area contributed by atoms with Crippen molar-refractivity contribution in [1.82, 2.24) is 0 Å². The molecule has 4 heteroatoms. The maximum atomic E-state index is 10.9. The Hall–Kier alpha value is -2.49. The van der Waals surface area contributed by atoms with Crippen LogP contribution >= 0.6 is 0 Å². The fraction of sp³-hybridized carbons (Fsp3) is 0.133. The highest BCUT2D eigenvalue weighted by Crippen LogP contribution is 2.23. The van der Waals surface area contributed by atoms with Gasteiger partial charge in [-0.15, -0.1) is 0 Å². The summed E-state index contributed by atoms with van der Waals surface area (Å²) in [5.74, 6) is 1.54. The van der Waals surface area contributed by atoms with Crippen molar-refractivity contribution >= 4 is 5.91 Å². The fourth-order valence-corrected chi connectivity index (χ4v) is 1.47. The molecule has 0 aliphatic carbocycles. The summed E-state index contributed by atoms with van der Waals surface area (Å²) >= 11 is 0. The average Bonchev–Trinajstić information content (AvgIpc) is 2.42. The molecule has 19 heavy (non-hydrogen) atoms. The van der Waals surface area contributed by atoms with E-state index in [0.29, 0.717) is 11.5 Å². The molecule has 2 aromatic carbocycles. The number of ether oxygens (including phenoxy) is 2. The summed E-state index contributed by atoms with van der Waals surface area (Å²) in [7, 11) is 0. The summed E-state index contributed by atoms with van der Waals surface area (Å²) in [6, 6.07) is 16.5. The van der Waals surface area contributed by atoms with Crippen LogP contribution in [-0.2, 0) is 4.79 Å². The molecule has 98 valence electrons. The molecule has 0 unspecified atom stereocenters. The van der Waals surface area contributed by atoms with Crippen molar-refractivity contribution < 1.29 is 14.3 Å². The van der Waals surface area contributed by atoms with Crippen LogP contribution in [0.5, 0.6) is 17.2 Å². The van der Waals surface area contributed by atoms with Crippen LogP contribution in [0.15, 0.2) is 54.6 Å². The van der Waals surface area contributed by atoms with Crippen molar-refractivity contribution in [1.29, 1.82) is 0 Å². The second-order valence-corrected chi connectivity index (χ2v) is 4.05. The number of carbonyl (C=O) groups is 1. The van der Waals surface area contributed by atoms with E-state index in [4.69, 9.17) is 15.2 Å². The summed E-state index contributed by atoms with van der Waals surface area (Å²) in [4.78, 5) is 10.9. The number of carbonyl (C=O) groups excluding carboxylic acids is 1. The van der Waals surface area contributed by atoms with Gasteiger partial charge in [0.15, 0.2) is 6.10 Å². The van der Waals surface area contributed by atoms with Gasteiger partial charge in [-0.25, -0.2) is 0 Å². The van der Waals surface area contributed by atoms with Crippen molar-refractivity contribution in [3.05, 3.63) is 54.6 Å². The first-order valence-electron chi connectivity index (χ1n) is 5.94. The van der Waals surface area contributed by atoms with Gasteiger partial charge < -0.3 is 15.2 Å². The van der Waals surface area contributed by atoms with Crippen LogP contribution in [0.3, 0.4) is 0 Å². The van der Waals surface area contributed by atoms with Crippen LogP contribution < -0.4 is 15.2 Å². The lowest BCUT2D eigenvalue weighted by atomic mass is 10.3. The summed E-state index contributed by atoms with van der Waals surface area (Å²) in [5.41, 5.74) is 5.13. The van der Waals surface area contributed by atoms with Crippen molar-refractivity contribution in [2.75, 3.05) is 0 Å². The Bertz CT molecular complexity index is 537. The molecule has 0 saturated heterocycles. The Morgan fingerprint density at radius 1 is 0.947 bits per heavy atom. The molecular weight excluding hydrogens is 242 g/mol. The zero-order valence-electron chi connectivity index (χ0n) is 10.6. The number of benzene rings is 2. The average molecular weight is 257 g/mol. The fourth-order valence-electron chi connectivity index (χ4n) is 1.47. The number of nitrogens with two attached hydrogens (primary N) is 1. The Labute approximate surface area is 111 Å². The van der Waals surface area contributed by atoms with Gasteiger partial charge in [0.05, 0.1) is 0 Å². The third-order valence-corrected chi connectivity index (χ3v) is 2.52. The van der Waals surface area contributed by atoms with E-state index in [-0.39, 0.29) is 0 Å². The zero-order chi connectivity index (χ0) is 13.7. The lowest BCUT2D eigenvalue weighted by Gasteiger charge is -2.11. The lowest BCUT2D eigenvalue weighted by molar-refractivity contribution is -0.123. The van der Waals surface area contributed by atoms with Gasteiger partial charge in [-0.05, 0) is 43.3 Å². The highest BCUT2D eigenvalue weighted by Gasteiger charge is 2.09. The van der Waals surface area contributed by atoms with E-state index in [0.717, 1.165) is 5.75 Å². The smallest absolute Gasteiger partial charge is 0.258 e. The largest absolute Gasteiger partial charge is 0.481 e. The lowest BCUT2D eigenvalue weighted by Crippen LogP contribution is -2.30. The van der Waals surface area contributed by atoms with Gasteiger partial charge in [-0.2, -0.15) is 0 Å². The minimum Gasteiger partial charge on any atom is -0.481 e. The molecule has 0 fully saturated rings. The molecule has 0 bridgehead atoms. The van der Waals surface area contributed by atoms with Crippen molar-refractivity contribution in [3.8, 4) is 17.2 Å². The molecule has 0 heterocycles. The van der Waals surface area contributed by atoms with Gasteiger partial charge in [-0.1, -0.05) is 18.2 Å². The van der Waals surface area contributed by atoms with E-state index in [2.05, 4.69) is 0 Å². The van der Waals surface area contributed by atoms with Crippen molar-refractivity contribution in [3.63, 3.8) is 0 Å². The number of amides is 1. The predicted octanol–water partition coefficient (Wildman–Crippen LogP) is 2.73. The van der Waals surface area contributed by atoms with Crippen LogP contribution in [0.1, 0.15) is 6.92 Å². The third kappa shape index (κ3) is 3.74. The topological polar surface area (TPSA) is 61.6 Å². The normalized spacial score (nSPS) is 11.6. The first-order chi connectivity index (χ1) is 9.15. The van der Waals surface area contributed by atoms with Gasteiger partial charge in [0.2, 0.25) is 0 Å². The predicted molar refractivity (Wildman–Crippen MR) is 72.2 cm³/mol. The second-order valence-electron chi connectivity index (χ2n) is 4.05. The summed E-state index contributed by atoms with van der Waals surface area (Å²) in [6.45, 7) is 1.61. The molecule has 2 rings (SSSR count). The molecule has 0 aliphatic heterocycles. The van der Waals surface area contributed by atoms with E-state index in [9.17, 15) is 4.79 Å². The van der Waals surface area contributed by atoms with Gasteiger partial charge >= 0.3 is 0 Å². The molecule has 0 spiro atoms. The molecular formula is C15H15NO3. The molecule has 0 radical (unpaired) electrons. The quantitative estimate of drug-likeness (QED) is 0.895. The van der Waals surface area contributed by atoms with E-state index >= 15 is 0 Å². The zero-order valence-corrected chi connectivity index (χ0v) is 10.6. The first kappa shape index (κ1) is 13.0. The molecule has 1 amide bonds. The number of rotatable bonds is 5. The van der Waals surface area contributed by atoms with Crippen LogP contribution in [-0.4, -0.2) is 12.0 Å². The summed E-state index contributed by atoms with van der Waals surface area (Å²) in [5, 5.41) is 0. The maximum Gasteiger partial charge on any atom is 0.258 e. The Kier molecular flexibility index (Phi) is 4.03. The molecule has 1 atom stereocenters. The van der Waals surface area contributed by atoms with E-state index in [1.165, 1.54) is 0 Å². The molecule has 4 nitrogen and oxygen atoms in total. The van der Waals surface area contributed by atoms with Crippen LogP contribution in [0, 0.1) is 0 Å². The van der Waals surface area contributed by atoms with Crippen molar-refractivity contribution in [2.24, 2.45) is 5.73 Å². The molecule has 0 aliphatic rings. The van der Waals surface area contributed by atoms with Crippen molar-refractivity contribution in [2.45, 2.75) is 13.0 Å². The number of para-hydroxylation sites is 1. The second kappa shape index (κ2) is 5.91. The van der Waals surface area contributed by atoms with E-state index < -0.39 is 12.0 Å². The van der Waals surface area contributed by atoms with E-state index in [1.54, 1.807) is 31.2 Å². The van der Waals surface area contributed by atoms with Gasteiger partial charge in [0.25, 0.3) is 5.91 Å². The number of hydrogen-bond acceptors (Lipinski definition) is 3. The van der Waals surface area contributed by atoms with E-state index in [1.807, 2.05) is 30.3 Å². The Morgan fingerprint density at radius 3 is 2.05 bits per heavy atom. The van der Waals surface area contributed by atoms with Gasteiger partial charge in [-0.3, -0.25) is 4.79 Å².